The van der Waals surface area contributed by atoms with E-state index in [0.29, 0.717) is 12.0 Å². The van der Waals surface area contributed by atoms with E-state index in [4.69, 9.17) is 14.2 Å². The molecule has 0 radical (unpaired) electrons. The van der Waals surface area contributed by atoms with Crippen LogP contribution in [-0.2, 0) is 11.6 Å². The maximum Gasteiger partial charge on any atom is 0.335 e. The molecule has 0 amide bonds. The molecule has 1 fully saturated rings. The van der Waals surface area contributed by atoms with Crippen LogP contribution >= 0.6 is 0 Å². The lowest BCUT2D eigenvalue weighted by molar-refractivity contribution is 0.627. The zero-order chi connectivity index (χ0) is 11.1. The van der Waals surface area contributed by atoms with Crippen LogP contribution in [0.4, 0.5) is 5.95 Å². The normalized spacial score (nSPS) is 17.9. The molecule has 2 heterocycles. The summed E-state index contributed by atoms with van der Waals surface area (Å²) >= 11 is -0.750. The second kappa shape index (κ2) is 7.85. The van der Waals surface area contributed by atoms with Crippen LogP contribution in [0.2, 0.25) is 0 Å². The molecule has 8 heteroatoms. The van der Waals surface area contributed by atoms with Gasteiger partial charge in [0.05, 0.1) is 5.69 Å². The lowest BCUT2D eigenvalue weighted by Crippen LogP contribution is -2.15. The summed E-state index contributed by atoms with van der Waals surface area (Å²) in [4.78, 5) is 8.01. The Morgan fingerprint density at radius 2 is 2.25 bits per heavy atom. The van der Waals surface area contributed by atoms with Gasteiger partial charge in [0.2, 0.25) is 5.95 Å². The SMILES string of the molecule is Nc1nccc([C@H]2CCCN2)n1.O.O=S=O.[HH]. The molecule has 1 saturated heterocycles. The summed E-state index contributed by atoms with van der Waals surface area (Å²) in [6, 6.07) is 2.30. The van der Waals surface area contributed by atoms with E-state index >= 15 is 0 Å². The third-order valence-electron chi connectivity index (χ3n) is 2.11. The van der Waals surface area contributed by atoms with Gasteiger partial charge in [-0.15, -0.1) is 0 Å². The van der Waals surface area contributed by atoms with Gasteiger partial charge in [-0.2, -0.15) is 8.42 Å². The fourth-order valence-corrected chi connectivity index (χ4v) is 1.52. The van der Waals surface area contributed by atoms with Gasteiger partial charge in [-0.25, -0.2) is 9.97 Å². The van der Waals surface area contributed by atoms with Gasteiger partial charge in [-0.05, 0) is 25.5 Å². The van der Waals surface area contributed by atoms with Crippen molar-refractivity contribution in [2.45, 2.75) is 18.9 Å². The van der Waals surface area contributed by atoms with Crippen LogP contribution in [0.15, 0.2) is 12.3 Å². The van der Waals surface area contributed by atoms with Gasteiger partial charge in [0, 0.05) is 13.7 Å². The summed E-state index contributed by atoms with van der Waals surface area (Å²) < 4.78 is 16.6. The number of rotatable bonds is 1. The number of anilines is 1. The molecule has 0 saturated carbocycles. The van der Waals surface area contributed by atoms with E-state index in [1.807, 2.05) is 6.07 Å². The zero-order valence-electron chi connectivity index (χ0n) is 8.55. The second-order valence-corrected chi connectivity index (χ2v) is 3.19. The molecule has 0 unspecified atom stereocenters. The highest BCUT2D eigenvalue weighted by Gasteiger charge is 2.17. The topological polar surface area (TPSA) is 129 Å². The molecule has 5 N–H and O–H groups in total. The molecule has 0 aromatic carbocycles. The van der Waals surface area contributed by atoms with E-state index in [2.05, 4.69) is 15.3 Å². The van der Waals surface area contributed by atoms with Gasteiger partial charge >= 0.3 is 11.6 Å². The summed E-state index contributed by atoms with van der Waals surface area (Å²) in [7, 11) is 0. The van der Waals surface area contributed by atoms with E-state index in [1.165, 1.54) is 6.42 Å². The van der Waals surface area contributed by atoms with Crippen molar-refractivity contribution in [3.63, 3.8) is 0 Å². The quantitative estimate of drug-likeness (QED) is 0.671. The summed E-state index contributed by atoms with van der Waals surface area (Å²) in [6.45, 7) is 1.08. The average Bonchev–Trinajstić information content (AvgIpc) is 2.71. The van der Waals surface area contributed by atoms with Crippen LogP contribution in [0.1, 0.15) is 26.0 Å². The van der Waals surface area contributed by atoms with Crippen LogP contribution in [0.25, 0.3) is 0 Å². The van der Waals surface area contributed by atoms with E-state index in [0.717, 1.165) is 18.7 Å². The molecule has 2 rings (SSSR count). The summed E-state index contributed by atoms with van der Waals surface area (Å²) in [5.41, 5.74) is 6.49. The third-order valence-corrected chi connectivity index (χ3v) is 2.11. The Morgan fingerprint density at radius 3 is 2.75 bits per heavy atom. The molecule has 1 aliphatic rings. The third kappa shape index (κ3) is 4.43. The zero-order valence-corrected chi connectivity index (χ0v) is 9.37. The second-order valence-electron chi connectivity index (χ2n) is 3.06. The Balaban J connectivity index is 0. The van der Waals surface area contributed by atoms with Crippen molar-refractivity contribution in [2.75, 3.05) is 12.3 Å². The van der Waals surface area contributed by atoms with E-state index in [1.54, 1.807) is 6.20 Å². The summed E-state index contributed by atoms with van der Waals surface area (Å²) in [5, 5.41) is 3.35. The number of nitrogens with one attached hydrogen (secondary N) is 1. The van der Waals surface area contributed by atoms with Crippen LogP contribution in [0, 0.1) is 0 Å². The monoisotopic (exact) mass is 248 g/mol. The predicted molar refractivity (Wildman–Crippen MR) is 61.1 cm³/mol. The molecule has 1 aliphatic heterocycles. The van der Waals surface area contributed by atoms with Gasteiger partial charge in [-0.3, -0.25) is 0 Å². The van der Waals surface area contributed by atoms with Gasteiger partial charge in [-0.1, -0.05) is 0 Å². The fraction of sp³-hybridized carbons (Fsp3) is 0.500. The lowest BCUT2D eigenvalue weighted by atomic mass is 10.1. The van der Waals surface area contributed by atoms with Crippen molar-refractivity contribution >= 4 is 17.5 Å². The van der Waals surface area contributed by atoms with Crippen molar-refractivity contribution < 1.29 is 15.3 Å². The lowest BCUT2D eigenvalue weighted by Gasteiger charge is -2.08. The minimum Gasteiger partial charge on any atom is -0.412 e. The van der Waals surface area contributed by atoms with Gasteiger partial charge < -0.3 is 16.5 Å². The first-order valence-electron chi connectivity index (χ1n) is 4.51. The molecule has 16 heavy (non-hydrogen) atoms. The van der Waals surface area contributed by atoms with Gasteiger partial charge in [0.15, 0.2) is 0 Å². The molecule has 0 aliphatic carbocycles. The Kier molecular flexibility index (Phi) is 7.18. The highest BCUT2D eigenvalue weighted by molar-refractivity contribution is 7.51. The molecule has 92 valence electrons. The number of nitrogens with zero attached hydrogens (tertiary/aromatic N) is 2. The number of nitrogen functional groups attached to an aromatic ring is 1. The van der Waals surface area contributed by atoms with Crippen molar-refractivity contribution in [3.05, 3.63) is 18.0 Å². The maximum atomic E-state index is 8.29. The van der Waals surface area contributed by atoms with E-state index in [9.17, 15) is 0 Å². The predicted octanol–water partition coefficient (Wildman–Crippen LogP) is -0.766. The molecule has 0 spiro atoms. The number of hydrogen-bond donors (Lipinski definition) is 2. The Bertz CT molecular complexity index is 356. The van der Waals surface area contributed by atoms with Crippen molar-refractivity contribution in [1.29, 1.82) is 0 Å². The molecule has 7 nitrogen and oxygen atoms in total. The first-order chi connectivity index (χ1) is 7.27. The van der Waals surface area contributed by atoms with Gasteiger partial charge in [0.25, 0.3) is 0 Å². The number of hydrogen-bond acceptors (Lipinski definition) is 6. The number of aromatic nitrogens is 2. The Morgan fingerprint density at radius 1 is 1.56 bits per heavy atom. The molecule has 1 atom stereocenters. The highest BCUT2D eigenvalue weighted by atomic mass is 32.1. The average molecular weight is 248 g/mol. The standard InChI is InChI=1S/C8H12N4.O2S.H2O.H2/c9-8-11-5-3-7(12-8)6-2-1-4-10-6;1-3-2;;/h3,5-6,10H,1-2,4H2,(H2,9,11,12);;1H2;1H/t6-;;;/m1.../s1. The van der Waals surface area contributed by atoms with Gasteiger partial charge in [0.1, 0.15) is 0 Å². The largest absolute Gasteiger partial charge is 0.412 e. The maximum absolute atomic E-state index is 8.29. The Hall–Kier alpha value is -1.38. The fourth-order valence-electron chi connectivity index (χ4n) is 1.52. The van der Waals surface area contributed by atoms with Crippen LogP contribution in [0.3, 0.4) is 0 Å². The van der Waals surface area contributed by atoms with Crippen LogP contribution < -0.4 is 11.1 Å². The molecular weight excluding hydrogens is 232 g/mol. The van der Waals surface area contributed by atoms with Crippen molar-refractivity contribution in [3.8, 4) is 0 Å². The molecule has 1 aromatic heterocycles. The number of nitrogens with two attached hydrogens (primary N) is 1. The first-order valence-corrected chi connectivity index (χ1v) is 5.18. The summed E-state index contributed by atoms with van der Waals surface area (Å²) in [6.07, 6.45) is 4.07. The minimum atomic E-state index is -0.750. The minimum absolute atomic E-state index is 0. The first kappa shape index (κ1) is 14.6. The van der Waals surface area contributed by atoms with E-state index < -0.39 is 11.6 Å². The van der Waals surface area contributed by atoms with Crippen LogP contribution in [0.5, 0.6) is 0 Å². The van der Waals surface area contributed by atoms with E-state index in [-0.39, 0.29) is 6.90 Å². The van der Waals surface area contributed by atoms with Crippen LogP contribution in [-0.4, -0.2) is 30.4 Å². The van der Waals surface area contributed by atoms with Crippen molar-refractivity contribution in [1.82, 2.24) is 15.3 Å². The smallest absolute Gasteiger partial charge is 0.335 e. The highest BCUT2D eigenvalue weighted by Crippen LogP contribution is 2.20. The van der Waals surface area contributed by atoms with Crippen molar-refractivity contribution in [2.24, 2.45) is 0 Å². The molecular formula is C8H16N4O3S. The molecule has 1 aromatic rings. The Labute approximate surface area is 97.9 Å². The summed E-state index contributed by atoms with van der Waals surface area (Å²) in [5.74, 6) is 0.362. The molecule has 0 bridgehead atoms.